The molecule has 1 aromatic rings. The minimum absolute atomic E-state index is 0.289. The summed E-state index contributed by atoms with van der Waals surface area (Å²) in [6.07, 6.45) is 0. The minimum atomic E-state index is -3.97. The highest BCUT2D eigenvalue weighted by Gasteiger charge is 2.28. The lowest BCUT2D eigenvalue weighted by molar-refractivity contribution is 0.460. The smallest absolute Gasteiger partial charge is 0.265 e. The van der Waals surface area contributed by atoms with E-state index in [1.165, 1.54) is 0 Å². The Morgan fingerprint density at radius 3 is 2.33 bits per heavy atom. The molecule has 0 aliphatic carbocycles. The summed E-state index contributed by atoms with van der Waals surface area (Å²) in [5, 5.41) is 0. The Labute approximate surface area is 98.4 Å². The molecule has 0 saturated heterocycles. The molecule has 0 unspecified atom stereocenters. The number of halogens is 1. The first kappa shape index (κ1) is 12.7. The van der Waals surface area contributed by atoms with E-state index >= 15 is 0 Å². The van der Waals surface area contributed by atoms with E-state index in [1.807, 2.05) is 24.3 Å². The number of hydrogen-bond donors (Lipinski definition) is 1. The molecule has 84 valence electrons. The van der Waals surface area contributed by atoms with Crippen molar-refractivity contribution in [3.63, 3.8) is 0 Å². The Balaban J connectivity index is 3.12. The Morgan fingerprint density at radius 1 is 1.33 bits per heavy atom. The van der Waals surface area contributed by atoms with Crippen LogP contribution in [0.5, 0.6) is 0 Å². The van der Waals surface area contributed by atoms with Crippen LogP contribution in [0.2, 0.25) is 0 Å². The van der Waals surface area contributed by atoms with Crippen LogP contribution in [-0.4, -0.2) is 18.7 Å². The molecular weight excluding hydrogens is 280 g/mol. The Bertz CT molecular complexity index is 451. The van der Waals surface area contributed by atoms with Crippen molar-refractivity contribution in [2.45, 2.75) is 19.3 Å². The Kier molecular flexibility index (Phi) is 3.58. The van der Waals surface area contributed by atoms with E-state index in [2.05, 4.69) is 15.9 Å². The van der Waals surface area contributed by atoms with Crippen LogP contribution < -0.4 is 0 Å². The zero-order chi connectivity index (χ0) is 11.7. The fourth-order valence-electron chi connectivity index (χ4n) is 1.54. The highest BCUT2D eigenvalue weighted by atomic mass is 79.9. The van der Waals surface area contributed by atoms with Gasteiger partial charge in [0.15, 0.2) is 0 Å². The molecule has 15 heavy (non-hydrogen) atoms. The summed E-state index contributed by atoms with van der Waals surface area (Å²) in [7, 11) is -3.97. The zero-order valence-electron chi connectivity index (χ0n) is 8.57. The van der Waals surface area contributed by atoms with Crippen molar-refractivity contribution >= 4 is 26.0 Å². The molecular formula is C10H13BrO3S. The van der Waals surface area contributed by atoms with E-state index in [9.17, 15) is 8.42 Å². The van der Waals surface area contributed by atoms with E-state index in [1.54, 1.807) is 13.8 Å². The molecule has 5 heteroatoms. The van der Waals surface area contributed by atoms with Crippen molar-refractivity contribution in [2.75, 3.05) is 5.75 Å². The zero-order valence-corrected chi connectivity index (χ0v) is 11.0. The number of benzene rings is 1. The largest absolute Gasteiger partial charge is 0.286 e. The lowest BCUT2D eigenvalue weighted by atomic mass is 9.87. The average Bonchev–Trinajstić information content (AvgIpc) is 1.99. The van der Waals surface area contributed by atoms with Crippen LogP contribution in [0.25, 0.3) is 0 Å². The van der Waals surface area contributed by atoms with Crippen LogP contribution in [0.15, 0.2) is 28.7 Å². The molecule has 0 aromatic heterocycles. The maximum Gasteiger partial charge on any atom is 0.265 e. The molecule has 0 atom stereocenters. The topological polar surface area (TPSA) is 54.4 Å². The van der Waals surface area contributed by atoms with Gasteiger partial charge in [-0.05, 0) is 11.6 Å². The standard InChI is InChI=1S/C10H13BrO3S/c1-10(2,7-15(12,13)14)8-5-3-4-6-9(8)11/h3-6H,7H2,1-2H3,(H,12,13,14). The van der Waals surface area contributed by atoms with Crippen molar-refractivity contribution in [3.05, 3.63) is 34.3 Å². The summed E-state index contributed by atoms with van der Waals surface area (Å²) in [6.45, 7) is 3.56. The highest BCUT2D eigenvalue weighted by molar-refractivity contribution is 9.10. The first-order valence-corrected chi connectivity index (χ1v) is 6.83. The summed E-state index contributed by atoms with van der Waals surface area (Å²) in [5.41, 5.74) is 0.246. The predicted molar refractivity (Wildman–Crippen MR) is 63.6 cm³/mol. The molecule has 0 fully saturated rings. The van der Waals surface area contributed by atoms with Gasteiger partial charge in [0.1, 0.15) is 0 Å². The first-order valence-electron chi connectivity index (χ1n) is 4.42. The van der Waals surface area contributed by atoms with Crippen molar-refractivity contribution in [2.24, 2.45) is 0 Å². The maximum absolute atomic E-state index is 10.9. The van der Waals surface area contributed by atoms with Gasteiger partial charge in [-0.3, -0.25) is 4.55 Å². The van der Waals surface area contributed by atoms with E-state index in [0.717, 1.165) is 10.0 Å². The van der Waals surface area contributed by atoms with Gasteiger partial charge in [0.2, 0.25) is 0 Å². The molecule has 1 rings (SSSR count). The Morgan fingerprint density at radius 2 is 1.87 bits per heavy atom. The normalized spacial score (nSPS) is 12.8. The van der Waals surface area contributed by atoms with E-state index < -0.39 is 15.5 Å². The highest BCUT2D eigenvalue weighted by Crippen LogP contribution is 2.30. The molecule has 1 aromatic carbocycles. The third-order valence-electron chi connectivity index (χ3n) is 2.15. The molecule has 0 heterocycles. The van der Waals surface area contributed by atoms with Crippen molar-refractivity contribution in [1.29, 1.82) is 0 Å². The summed E-state index contributed by atoms with van der Waals surface area (Å²) in [5.74, 6) is -0.289. The summed E-state index contributed by atoms with van der Waals surface area (Å²) < 4.78 is 31.5. The molecule has 3 nitrogen and oxygen atoms in total. The van der Waals surface area contributed by atoms with Crippen molar-refractivity contribution in [1.82, 2.24) is 0 Å². The lowest BCUT2D eigenvalue weighted by Crippen LogP contribution is -2.28. The summed E-state index contributed by atoms with van der Waals surface area (Å²) in [6, 6.07) is 7.39. The molecule has 0 saturated carbocycles. The fourth-order valence-corrected chi connectivity index (χ4v) is 3.43. The van der Waals surface area contributed by atoms with Crippen LogP contribution in [0.1, 0.15) is 19.4 Å². The molecule has 0 bridgehead atoms. The van der Waals surface area contributed by atoms with Gasteiger partial charge in [-0.2, -0.15) is 8.42 Å². The van der Waals surface area contributed by atoms with Gasteiger partial charge in [-0.1, -0.05) is 48.0 Å². The van der Waals surface area contributed by atoms with E-state index in [0.29, 0.717) is 0 Å². The summed E-state index contributed by atoms with van der Waals surface area (Å²) in [4.78, 5) is 0. The monoisotopic (exact) mass is 292 g/mol. The van der Waals surface area contributed by atoms with Crippen LogP contribution in [-0.2, 0) is 15.5 Å². The quantitative estimate of drug-likeness (QED) is 0.872. The molecule has 0 aliphatic rings. The minimum Gasteiger partial charge on any atom is -0.286 e. The fraction of sp³-hybridized carbons (Fsp3) is 0.400. The van der Waals surface area contributed by atoms with Crippen molar-refractivity contribution < 1.29 is 13.0 Å². The third-order valence-corrected chi connectivity index (χ3v) is 3.92. The second-order valence-electron chi connectivity index (χ2n) is 4.09. The second-order valence-corrected chi connectivity index (χ2v) is 6.40. The van der Waals surface area contributed by atoms with Crippen LogP contribution in [0.3, 0.4) is 0 Å². The first-order chi connectivity index (χ1) is 6.72. The van der Waals surface area contributed by atoms with Crippen LogP contribution >= 0.6 is 15.9 Å². The van der Waals surface area contributed by atoms with Gasteiger partial charge in [0.05, 0.1) is 5.75 Å². The van der Waals surface area contributed by atoms with Gasteiger partial charge in [-0.25, -0.2) is 0 Å². The van der Waals surface area contributed by atoms with Gasteiger partial charge >= 0.3 is 0 Å². The molecule has 0 amide bonds. The second kappa shape index (κ2) is 4.23. The molecule has 0 aliphatic heterocycles. The molecule has 0 spiro atoms. The predicted octanol–water partition coefficient (Wildman–Crippen LogP) is 2.61. The average molecular weight is 293 g/mol. The van der Waals surface area contributed by atoms with Crippen LogP contribution in [0, 0.1) is 0 Å². The number of rotatable bonds is 3. The van der Waals surface area contributed by atoms with E-state index in [4.69, 9.17) is 4.55 Å². The van der Waals surface area contributed by atoms with Gasteiger partial charge < -0.3 is 0 Å². The van der Waals surface area contributed by atoms with Gasteiger partial charge in [-0.15, -0.1) is 0 Å². The van der Waals surface area contributed by atoms with Gasteiger partial charge in [0.25, 0.3) is 10.1 Å². The van der Waals surface area contributed by atoms with E-state index in [-0.39, 0.29) is 5.75 Å². The van der Waals surface area contributed by atoms with Gasteiger partial charge in [0, 0.05) is 9.89 Å². The SMILES string of the molecule is CC(C)(CS(=O)(=O)O)c1ccccc1Br. The summed E-state index contributed by atoms with van der Waals surface area (Å²) >= 11 is 3.36. The molecule has 0 radical (unpaired) electrons. The van der Waals surface area contributed by atoms with Crippen molar-refractivity contribution in [3.8, 4) is 0 Å². The maximum atomic E-state index is 10.9. The van der Waals surface area contributed by atoms with Crippen LogP contribution in [0.4, 0.5) is 0 Å². The number of hydrogen-bond acceptors (Lipinski definition) is 2. The molecule has 1 N–H and O–H groups in total. The Hall–Kier alpha value is -0.390. The third kappa shape index (κ3) is 3.59. The lowest BCUT2D eigenvalue weighted by Gasteiger charge is -2.24.